The van der Waals surface area contributed by atoms with E-state index in [1.54, 1.807) is 25.7 Å². The molecule has 0 bridgehead atoms. The highest BCUT2D eigenvalue weighted by Crippen LogP contribution is 2.33. The number of carbonyl (C=O) groups excluding carboxylic acids is 1. The van der Waals surface area contributed by atoms with E-state index < -0.39 is 29.7 Å². The Bertz CT molecular complexity index is 859. The van der Waals surface area contributed by atoms with Crippen LogP contribution in [0.5, 0.6) is 0 Å². The summed E-state index contributed by atoms with van der Waals surface area (Å²) < 4.78 is 5.45. The van der Waals surface area contributed by atoms with Crippen LogP contribution in [0.4, 0.5) is 0 Å². The molecule has 1 aliphatic rings. The Labute approximate surface area is 158 Å². The lowest BCUT2D eigenvalue weighted by Gasteiger charge is -2.30. The molecule has 6 heteroatoms. The summed E-state index contributed by atoms with van der Waals surface area (Å²) in [5, 5.41) is 11.9. The maximum Gasteiger partial charge on any atom is 0.325 e. The minimum atomic E-state index is -0.981. The van der Waals surface area contributed by atoms with Crippen LogP contribution in [0.25, 0.3) is 10.8 Å². The highest BCUT2D eigenvalue weighted by molar-refractivity contribution is 5.85. The molecule has 3 rings (SSSR count). The van der Waals surface area contributed by atoms with Crippen molar-refractivity contribution in [3.05, 3.63) is 48.0 Å². The monoisotopic (exact) mass is 370 g/mol. The summed E-state index contributed by atoms with van der Waals surface area (Å²) in [6, 6.07) is 12.5. The van der Waals surface area contributed by atoms with E-state index in [1.165, 1.54) is 0 Å². The lowest BCUT2D eigenvalue weighted by atomic mass is 10.00. The first-order chi connectivity index (χ1) is 12.7. The van der Waals surface area contributed by atoms with Crippen molar-refractivity contribution in [3.8, 4) is 0 Å². The van der Waals surface area contributed by atoms with E-state index in [2.05, 4.69) is 0 Å². The Morgan fingerprint density at radius 2 is 1.85 bits per heavy atom. The topological polar surface area (TPSA) is 92.9 Å². The van der Waals surface area contributed by atoms with Crippen LogP contribution in [0.2, 0.25) is 0 Å². The number of nitrogens with two attached hydrogens (primary N) is 1. The van der Waals surface area contributed by atoms with Gasteiger partial charge in [-0.05, 0) is 49.6 Å². The van der Waals surface area contributed by atoms with E-state index in [0.29, 0.717) is 18.5 Å². The maximum absolute atomic E-state index is 12.4. The molecule has 0 spiro atoms. The second-order valence-electron chi connectivity index (χ2n) is 8.00. The molecule has 3 atom stereocenters. The van der Waals surface area contributed by atoms with Crippen LogP contribution in [0.15, 0.2) is 42.5 Å². The third-order valence-corrected chi connectivity index (χ3v) is 4.86. The zero-order valence-electron chi connectivity index (χ0n) is 15.9. The largest absolute Gasteiger partial charge is 0.480 e. The molecule has 1 heterocycles. The van der Waals surface area contributed by atoms with E-state index in [4.69, 9.17) is 10.5 Å². The van der Waals surface area contributed by atoms with Crippen LogP contribution in [0, 0.1) is 5.92 Å². The van der Waals surface area contributed by atoms with Gasteiger partial charge in [-0.2, -0.15) is 0 Å². The Morgan fingerprint density at radius 1 is 1.19 bits per heavy atom. The zero-order chi connectivity index (χ0) is 19.8. The van der Waals surface area contributed by atoms with Crippen LogP contribution < -0.4 is 5.73 Å². The summed E-state index contributed by atoms with van der Waals surface area (Å²) in [5.74, 6) is -1.89. The molecular weight excluding hydrogens is 344 g/mol. The maximum atomic E-state index is 12.4. The number of carboxylic acids is 1. The first-order valence-corrected chi connectivity index (χ1v) is 9.13. The molecule has 27 heavy (non-hydrogen) atoms. The van der Waals surface area contributed by atoms with Crippen LogP contribution in [-0.2, 0) is 14.3 Å². The van der Waals surface area contributed by atoms with Crippen molar-refractivity contribution in [3.63, 3.8) is 0 Å². The van der Waals surface area contributed by atoms with Gasteiger partial charge in [-0.25, -0.2) is 0 Å². The second kappa shape index (κ2) is 7.29. The van der Waals surface area contributed by atoms with E-state index >= 15 is 0 Å². The van der Waals surface area contributed by atoms with Crippen molar-refractivity contribution >= 4 is 22.7 Å². The Morgan fingerprint density at radius 3 is 2.48 bits per heavy atom. The van der Waals surface area contributed by atoms with Crippen LogP contribution in [0.3, 0.4) is 0 Å². The van der Waals surface area contributed by atoms with Gasteiger partial charge in [-0.1, -0.05) is 36.4 Å². The summed E-state index contributed by atoms with van der Waals surface area (Å²) in [5.41, 5.74) is 6.35. The Kier molecular flexibility index (Phi) is 5.22. The number of ether oxygens (including phenoxy) is 1. The van der Waals surface area contributed by atoms with E-state index in [-0.39, 0.29) is 5.97 Å². The molecule has 0 unspecified atom stereocenters. The lowest BCUT2D eigenvalue weighted by molar-refractivity contribution is -0.161. The van der Waals surface area contributed by atoms with Crippen molar-refractivity contribution in [1.82, 2.24) is 4.90 Å². The minimum Gasteiger partial charge on any atom is -0.480 e. The number of aliphatic carboxylic acids is 1. The highest BCUT2D eigenvalue weighted by atomic mass is 16.6. The quantitative estimate of drug-likeness (QED) is 0.804. The molecule has 2 aromatic carbocycles. The summed E-state index contributed by atoms with van der Waals surface area (Å²) in [7, 11) is 0. The van der Waals surface area contributed by atoms with Crippen molar-refractivity contribution in [2.75, 3.05) is 6.54 Å². The number of benzene rings is 2. The van der Waals surface area contributed by atoms with Gasteiger partial charge in [-0.3, -0.25) is 14.5 Å². The fourth-order valence-corrected chi connectivity index (χ4v) is 3.63. The van der Waals surface area contributed by atoms with Gasteiger partial charge in [0.1, 0.15) is 11.6 Å². The number of nitrogens with zero attached hydrogens (tertiary/aromatic N) is 1. The second-order valence-corrected chi connectivity index (χ2v) is 8.00. The molecule has 3 N–H and O–H groups in total. The Balaban J connectivity index is 1.87. The molecule has 0 amide bonds. The third-order valence-electron chi connectivity index (χ3n) is 4.86. The number of fused-ring (bicyclic) bond motifs is 1. The number of carboxylic acid groups (broad SMARTS) is 1. The van der Waals surface area contributed by atoms with Gasteiger partial charge < -0.3 is 15.6 Å². The van der Waals surface area contributed by atoms with Crippen LogP contribution in [0.1, 0.15) is 38.8 Å². The first kappa shape index (κ1) is 19.3. The highest BCUT2D eigenvalue weighted by Gasteiger charge is 2.44. The zero-order valence-corrected chi connectivity index (χ0v) is 15.9. The minimum absolute atomic E-state index is 0.375. The van der Waals surface area contributed by atoms with Crippen molar-refractivity contribution < 1.29 is 19.4 Å². The predicted molar refractivity (Wildman–Crippen MR) is 103 cm³/mol. The Hall–Kier alpha value is -2.44. The number of esters is 1. The number of rotatable bonds is 4. The number of hydrogen-bond donors (Lipinski definition) is 2. The van der Waals surface area contributed by atoms with Gasteiger partial charge in [-0.15, -0.1) is 0 Å². The predicted octanol–water partition coefficient (Wildman–Crippen LogP) is 2.91. The smallest absolute Gasteiger partial charge is 0.325 e. The number of carbonyl (C=O) groups is 2. The van der Waals surface area contributed by atoms with E-state index in [9.17, 15) is 14.7 Å². The van der Waals surface area contributed by atoms with Gasteiger partial charge >= 0.3 is 11.9 Å². The number of likely N-dealkylation sites (tertiary alicyclic amines) is 1. The van der Waals surface area contributed by atoms with Gasteiger partial charge in [0.25, 0.3) is 0 Å². The molecule has 0 radical (unpaired) electrons. The van der Waals surface area contributed by atoms with Gasteiger partial charge in [0, 0.05) is 6.54 Å². The van der Waals surface area contributed by atoms with Crippen molar-refractivity contribution in [2.45, 2.75) is 45.0 Å². The fourth-order valence-electron chi connectivity index (χ4n) is 3.63. The summed E-state index contributed by atoms with van der Waals surface area (Å²) in [6.07, 6.45) is -0.222. The van der Waals surface area contributed by atoms with Crippen molar-refractivity contribution in [2.24, 2.45) is 11.7 Å². The molecule has 0 aliphatic carbocycles. The summed E-state index contributed by atoms with van der Waals surface area (Å²) >= 11 is 0. The molecular formula is C21H26N2O4. The van der Waals surface area contributed by atoms with Gasteiger partial charge in [0.2, 0.25) is 0 Å². The molecule has 144 valence electrons. The molecule has 0 saturated carbocycles. The fraction of sp³-hybridized carbons (Fsp3) is 0.429. The third kappa shape index (κ3) is 4.12. The van der Waals surface area contributed by atoms with Gasteiger partial charge in [0.05, 0.1) is 12.1 Å². The van der Waals surface area contributed by atoms with E-state index in [1.807, 2.05) is 42.5 Å². The molecule has 1 fully saturated rings. The van der Waals surface area contributed by atoms with E-state index in [0.717, 1.165) is 10.8 Å². The number of hydrogen-bond acceptors (Lipinski definition) is 5. The average molecular weight is 370 g/mol. The SMILES string of the molecule is CC(C)(C)OC(=O)[C@@H]1CCN([C@H](C(=O)O)c2ccc3ccccc3c2)[C@@H]1N. The molecule has 6 nitrogen and oxygen atoms in total. The molecule has 1 saturated heterocycles. The summed E-state index contributed by atoms with van der Waals surface area (Å²) in [6.45, 7) is 5.84. The first-order valence-electron chi connectivity index (χ1n) is 9.13. The summed E-state index contributed by atoms with van der Waals surface area (Å²) in [4.78, 5) is 26.2. The average Bonchev–Trinajstić information content (AvgIpc) is 2.95. The van der Waals surface area contributed by atoms with Crippen molar-refractivity contribution in [1.29, 1.82) is 0 Å². The van der Waals surface area contributed by atoms with Crippen LogP contribution >= 0.6 is 0 Å². The normalized spacial score (nSPS) is 21.9. The molecule has 2 aromatic rings. The molecule has 0 aromatic heterocycles. The standard InChI is InChI=1S/C21H26N2O4/c1-21(2,3)27-20(26)16-10-11-23(18(16)22)17(19(24)25)15-9-8-13-6-4-5-7-14(13)12-15/h4-9,12,16-18H,10-11,22H2,1-3H3,(H,24,25)/t16-,17+,18+/m1/s1. The lowest BCUT2D eigenvalue weighted by Crippen LogP contribution is -2.47. The van der Waals surface area contributed by atoms with Crippen LogP contribution in [-0.4, -0.2) is 40.3 Å². The molecule has 1 aliphatic heterocycles. The van der Waals surface area contributed by atoms with Gasteiger partial charge in [0.15, 0.2) is 0 Å².